The summed E-state index contributed by atoms with van der Waals surface area (Å²) in [5.74, 6) is 0.266. The highest BCUT2D eigenvalue weighted by molar-refractivity contribution is 7.92. The summed E-state index contributed by atoms with van der Waals surface area (Å²) in [6, 6.07) is 6.82. The smallest absolute Gasteiger partial charge is 0.263 e. The van der Waals surface area contributed by atoms with Crippen molar-refractivity contribution in [3.63, 3.8) is 0 Å². The van der Waals surface area contributed by atoms with Gasteiger partial charge in [-0.05, 0) is 24.3 Å². The number of rotatable bonds is 3. The predicted octanol–water partition coefficient (Wildman–Crippen LogP) is 0.926. The summed E-state index contributed by atoms with van der Waals surface area (Å²) in [5.41, 5.74) is 0. The van der Waals surface area contributed by atoms with Gasteiger partial charge in [0.2, 0.25) is 0 Å². The van der Waals surface area contributed by atoms with Crippen molar-refractivity contribution in [1.82, 2.24) is 9.78 Å². The van der Waals surface area contributed by atoms with Crippen molar-refractivity contribution >= 4 is 15.8 Å². The highest BCUT2D eigenvalue weighted by Crippen LogP contribution is 2.17. The van der Waals surface area contributed by atoms with Gasteiger partial charge in [-0.2, -0.15) is 5.10 Å². The van der Waals surface area contributed by atoms with E-state index in [1.165, 1.54) is 28.9 Å². The molecule has 17 heavy (non-hydrogen) atoms. The lowest BCUT2D eigenvalue weighted by molar-refractivity contribution is 0.475. The molecule has 2 N–H and O–H groups in total. The number of benzene rings is 1. The van der Waals surface area contributed by atoms with Crippen LogP contribution in [0.25, 0.3) is 0 Å². The molecule has 0 spiro atoms. The number of phenolic OH excluding ortho intramolecular Hbond substituents is 1. The highest BCUT2D eigenvalue weighted by atomic mass is 32.2. The molecule has 0 bridgehead atoms. The quantitative estimate of drug-likeness (QED) is 0.852. The molecule has 7 heteroatoms. The van der Waals surface area contributed by atoms with E-state index < -0.39 is 10.0 Å². The van der Waals surface area contributed by atoms with Crippen LogP contribution in [0.5, 0.6) is 5.75 Å². The number of anilines is 1. The van der Waals surface area contributed by atoms with Gasteiger partial charge in [0.25, 0.3) is 10.0 Å². The number of phenols is 1. The second-order valence-corrected chi connectivity index (χ2v) is 5.16. The molecule has 90 valence electrons. The Bertz CT molecular complexity index is 617. The number of aromatic hydroxyl groups is 1. The highest BCUT2D eigenvalue weighted by Gasteiger charge is 2.14. The van der Waals surface area contributed by atoms with Gasteiger partial charge < -0.3 is 5.11 Å². The zero-order valence-corrected chi connectivity index (χ0v) is 9.85. The summed E-state index contributed by atoms with van der Waals surface area (Å²) in [6.07, 6.45) is 1.63. The van der Waals surface area contributed by atoms with Gasteiger partial charge in [0.15, 0.2) is 5.82 Å². The van der Waals surface area contributed by atoms with Gasteiger partial charge in [-0.3, -0.25) is 9.40 Å². The van der Waals surface area contributed by atoms with Crippen LogP contribution in [-0.4, -0.2) is 23.3 Å². The van der Waals surface area contributed by atoms with Crippen LogP contribution in [-0.2, 0) is 17.1 Å². The molecule has 1 aromatic heterocycles. The molecule has 2 rings (SSSR count). The summed E-state index contributed by atoms with van der Waals surface area (Å²) in [6.45, 7) is 0. The molecule has 0 fully saturated rings. The van der Waals surface area contributed by atoms with E-state index >= 15 is 0 Å². The molecule has 0 unspecified atom stereocenters. The van der Waals surface area contributed by atoms with Gasteiger partial charge in [-0.25, -0.2) is 8.42 Å². The molecule has 1 aromatic carbocycles. The number of nitrogens with one attached hydrogen (secondary N) is 1. The van der Waals surface area contributed by atoms with Crippen LogP contribution < -0.4 is 4.72 Å². The third-order valence-electron chi connectivity index (χ3n) is 2.10. The average molecular weight is 253 g/mol. The number of hydrogen-bond acceptors (Lipinski definition) is 4. The Balaban J connectivity index is 2.28. The maximum absolute atomic E-state index is 11.9. The Hall–Kier alpha value is -2.02. The topological polar surface area (TPSA) is 84.2 Å². The molecule has 0 aliphatic rings. The van der Waals surface area contributed by atoms with Gasteiger partial charge in [-0.1, -0.05) is 0 Å². The lowest BCUT2D eigenvalue weighted by atomic mass is 10.3. The SMILES string of the molecule is Cn1ccc(NS(=O)(=O)c2ccc(O)cc2)n1. The lowest BCUT2D eigenvalue weighted by Crippen LogP contribution is -2.13. The average Bonchev–Trinajstić information content (AvgIpc) is 2.63. The zero-order chi connectivity index (χ0) is 12.5. The second kappa shape index (κ2) is 4.10. The molecule has 0 atom stereocenters. The Labute approximate surface area is 98.6 Å². The van der Waals surface area contributed by atoms with E-state index in [0.29, 0.717) is 0 Å². The van der Waals surface area contributed by atoms with Crippen molar-refractivity contribution in [2.24, 2.45) is 7.05 Å². The molecule has 1 heterocycles. The first kappa shape index (κ1) is 11.5. The van der Waals surface area contributed by atoms with E-state index in [1.54, 1.807) is 19.3 Å². The minimum Gasteiger partial charge on any atom is -0.508 e. The normalized spacial score (nSPS) is 11.4. The minimum atomic E-state index is -3.65. The zero-order valence-electron chi connectivity index (χ0n) is 9.03. The molecular weight excluding hydrogens is 242 g/mol. The number of aromatic nitrogens is 2. The first-order chi connectivity index (χ1) is 7.97. The van der Waals surface area contributed by atoms with E-state index in [1.807, 2.05) is 0 Å². The van der Waals surface area contributed by atoms with Gasteiger partial charge in [0, 0.05) is 19.3 Å². The summed E-state index contributed by atoms with van der Waals surface area (Å²) >= 11 is 0. The minimum absolute atomic E-state index is 0.0155. The fourth-order valence-corrected chi connectivity index (χ4v) is 2.29. The van der Waals surface area contributed by atoms with Crippen molar-refractivity contribution < 1.29 is 13.5 Å². The molecule has 6 nitrogen and oxygen atoms in total. The van der Waals surface area contributed by atoms with Gasteiger partial charge >= 0.3 is 0 Å². The number of hydrogen-bond donors (Lipinski definition) is 2. The van der Waals surface area contributed by atoms with Crippen LogP contribution in [0.3, 0.4) is 0 Å². The summed E-state index contributed by atoms with van der Waals surface area (Å²) in [4.78, 5) is 0.0703. The van der Waals surface area contributed by atoms with Crippen molar-refractivity contribution in [3.8, 4) is 5.75 Å². The largest absolute Gasteiger partial charge is 0.508 e. The molecule has 0 radical (unpaired) electrons. The maximum Gasteiger partial charge on any atom is 0.263 e. The van der Waals surface area contributed by atoms with Crippen LogP contribution in [0.4, 0.5) is 5.82 Å². The fraction of sp³-hybridized carbons (Fsp3) is 0.100. The van der Waals surface area contributed by atoms with Crippen LogP contribution >= 0.6 is 0 Å². The van der Waals surface area contributed by atoms with E-state index in [4.69, 9.17) is 5.11 Å². The van der Waals surface area contributed by atoms with E-state index in [2.05, 4.69) is 9.82 Å². The van der Waals surface area contributed by atoms with Crippen molar-refractivity contribution in [2.45, 2.75) is 4.90 Å². The van der Waals surface area contributed by atoms with Crippen LogP contribution in [0.2, 0.25) is 0 Å². The van der Waals surface area contributed by atoms with Gasteiger partial charge in [0.1, 0.15) is 5.75 Å². The third-order valence-corrected chi connectivity index (χ3v) is 3.47. The van der Waals surface area contributed by atoms with E-state index in [-0.39, 0.29) is 16.5 Å². The Morgan fingerprint density at radius 3 is 2.41 bits per heavy atom. The van der Waals surface area contributed by atoms with E-state index in [9.17, 15) is 8.42 Å². The Morgan fingerprint density at radius 2 is 1.88 bits per heavy atom. The molecule has 0 amide bonds. The predicted molar refractivity (Wildman–Crippen MR) is 62.1 cm³/mol. The standard InChI is InChI=1S/C10H11N3O3S/c1-13-7-6-10(11-13)12-17(15,16)9-4-2-8(14)3-5-9/h2-7,14H,1H3,(H,11,12). The first-order valence-corrected chi connectivity index (χ1v) is 6.27. The third kappa shape index (κ3) is 2.56. The molecule has 0 saturated heterocycles. The summed E-state index contributed by atoms with van der Waals surface area (Å²) in [7, 11) is -1.96. The number of sulfonamides is 1. The van der Waals surface area contributed by atoms with Crippen LogP contribution in [0.15, 0.2) is 41.4 Å². The van der Waals surface area contributed by atoms with Crippen molar-refractivity contribution in [1.29, 1.82) is 0 Å². The molecular formula is C10H11N3O3S. The van der Waals surface area contributed by atoms with Crippen molar-refractivity contribution in [2.75, 3.05) is 4.72 Å². The fourth-order valence-electron chi connectivity index (χ4n) is 1.29. The second-order valence-electron chi connectivity index (χ2n) is 3.47. The summed E-state index contributed by atoms with van der Waals surface area (Å²) in [5, 5.41) is 13.0. The van der Waals surface area contributed by atoms with Crippen LogP contribution in [0.1, 0.15) is 0 Å². The van der Waals surface area contributed by atoms with E-state index in [0.717, 1.165) is 0 Å². The molecule has 0 aliphatic heterocycles. The summed E-state index contributed by atoms with van der Waals surface area (Å²) < 4.78 is 27.6. The monoisotopic (exact) mass is 253 g/mol. The molecule has 2 aromatic rings. The Morgan fingerprint density at radius 1 is 1.24 bits per heavy atom. The lowest BCUT2D eigenvalue weighted by Gasteiger charge is -2.05. The van der Waals surface area contributed by atoms with Crippen LogP contribution in [0, 0.1) is 0 Å². The first-order valence-electron chi connectivity index (χ1n) is 4.79. The number of aryl methyl sites for hydroxylation is 1. The van der Waals surface area contributed by atoms with Gasteiger partial charge in [0.05, 0.1) is 4.90 Å². The van der Waals surface area contributed by atoms with Gasteiger partial charge in [-0.15, -0.1) is 0 Å². The van der Waals surface area contributed by atoms with Crippen molar-refractivity contribution in [3.05, 3.63) is 36.5 Å². The molecule has 0 aliphatic carbocycles. The maximum atomic E-state index is 11.9. The molecule has 0 saturated carbocycles. The number of nitrogens with zero attached hydrogens (tertiary/aromatic N) is 2. The Kier molecular flexibility index (Phi) is 2.76.